The fourth-order valence-corrected chi connectivity index (χ4v) is 2.93. The van der Waals surface area contributed by atoms with Crippen LogP contribution in [0.25, 0.3) is 0 Å². The van der Waals surface area contributed by atoms with E-state index in [1.807, 2.05) is 6.92 Å². The van der Waals surface area contributed by atoms with Gasteiger partial charge in [0.25, 0.3) is 15.0 Å². The summed E-state index contributed by atoms with van der Waals surface area (Å²) in [6, 6.07) is 1.49. The Morgan fingerprint density at radius 2 is 2.14 bits per heavy atom. The summed E-state index contributed by atoms with van der Waals surface area (Å²) in [6.07, 6.45) is 0. The Hall–Kier alpha value is -0.700. The van der Waals surface area contributed by atoms with Crippen LogP contribution in [0.3, 0.4) is 0 Å². The molecule has 0 heterocycles. The summed E-state index contributed by atoms with van der Waals surface area (Å²) in [5, 5.41) is 2.62. The van der Waals surface area contributed by atoms with E-state index in [1.165, 1.54) is 0 Å². The van der Waals surface area contributed by atoms with Gasteiger partial charge in [0.15, 0.2) is 0 Å². The van der Waals surface area contributed by atoms with Crippen LogP contribution < -0.4 is 5.32 Å². The molecule has 9 heteroatoms. The number of hydrogen-bond acceptors (Lipinski definition) is 4. The summed E-state index contributed by atoms with van der Waals surface area (Å²) in [6.45, 7) is 4.36. The predicted octanol–water partition coefficient (Wildman–Crippen LogP) is 2.67. The van der Waals surface area contributed by atoms with Gasteiger partial charge in [-0.15, -0.1) is 0 Å². The first-order valence-electron chi connectivity index (χ1n) is 5.99. The van der Waals surface area contributed by atoms with Gasteiger partial charge in [-0.3, -0.25) is 4.79 Å². The maximum absolute atomic E-state index is 13.6. The van der Waals surface area contributed by atoms with E-state index in [2.05, 4.69) is 21.2 Å². The Labute approximate surface area is 135 Å². The van der Waals surface area contributed by atoms with Crippen LogP contribution in [0.2, 0.25) is 0 Å². The molecule has 1 N–H and O–H groups in total. The van der Waals surface area contributed by atoms with E-state index in [0.29, 0.717) is 13.2 Å². The van der Waals surface area contributed by atoms with Gasteiger partial charge in [-0.1, -0.05) is 0 Å². The van der Waals surface area contributed by atoms with Crippen LogP contribution in [0.15, 0.2) is 21.5 Å². The van der Waals surface area contributed by atoms with Crippen molar-refractivity contribution in [1.29, 1.82) is 0 Å². The van der Waals surface area contributed by atoms with Crippen molar-refractivity contribution in [3.8, 4) is 0 Å². The van der Waals surface area contributed by atoms with Crippen molar-refractivity contribution in [2.24, 2.45) is 0 Å². The molecule has 21 heavy (non-hydrogen) atoms. The Bertz CT molecular complexity index is 638. The molecule has 0 radical (unpaired) electrons. The Kier molecular flexibility index (Phi) is 6.58. The Morgan fingerprint density at radius 1 is 1.52 bits per heavy atom. The molecule has 1 unspecified atom stereocenters. The highest BCUT2D eigenvalue weighted by Gasteiger charge is 2.22. The maximum atomic E-state index is 13.6. The lowest BCUT2D eigenvalue weighted by molar-refractivity contribution is 0.0871. The molecule has 1 atom stereocenters. The first kappa shape index (κ1) is 18.3. The van der Waals surface area contributed by atoms with E-state index in [4.69, 9.17) is 15.4 Å². The van der Waals surface area contributed by atoms with Crippen molar-refractivity contribution in [1.82, 2.24) is 5.32 Å². The highest BCUT2D eigenvalue weighted by molar-refractivity contribution is 9.10. The number of carbonyl (C=O) groups excluding carboxylic acids is 1. The van der Waals surface area contributed by atoms with Gasteiger partial charge in [-0.2, -0.15) is 0 Å². The van der Waals surface area contributed by atoms with Crippen LogP contribution >= 0.6 is 26.6 Å². The topological polar surface area (TPSA) is 72.5 Å². The zero-order valence-corrected chi connectivity index (χ0v) is 14.5. The second-order valence-electron chi connectivity index (χ2n) is 4.23. The molecule has 0 saturated carbocycles. The van der Waals surface area contributed by atoms with Gasteiger partial charge in [0.1, 0.15) is 10.7 Å². The lowest BCUT2D eigenvalue weighted by Gasteiger charge is -2.15. The van der Waals surface area contributed by atoms with Crippen molar-refractivity contribution in [2.75, 3.05) is 13.2 Å². The summed E-state index contributed by atoms with van der Waals surface area (Å²) >= 11 is 3.02. The van der Waals surface area contributed by atoms with Crippen LogP contribution in [0.1, 0.15) is 24.2 Å². The largest absolute Gasteiger partial charge is 0.380 e. The van der Waals surface area contributed by atoms with Crippen LogP contribution in [0, 0.1) is 5.82 Å². The number of rotatable bonds is 6. The molecule has 0 bridgehead atoms. The van der Waals surface area contributed by atoms with E-state index in [1.54, 1.807) is 6.92 Å². The fourth-order valence-electron chi connectivity index (χ4n) is 1.53. The lowest BCUT2D eigenvalue weighted by atomic mass is 10.2. The maximum Gasteiger partial charge on any atom is 0.264 e. The molecule has 5 nitrogen and oxygen atoms in total. The van der Waals surface area contributed by atoms with Gasteiger partial charge in [-0.05, 0) is 41.9 Å². The Morgan fingerprint density at radius 3 is 2.67 bits per heavy atom. The highest BCUT2D eigenvalue weighted by atomic mass is 79.9. The number of hydrogen-bond donors (Lipinski definition) is 1. The minimum Gasteiger partial charge on any atom is -0.380 e. The van der Waals surface area contributed by atoms with Crippen LogP contribution in [-0.4, -0.2) is 33.6 Å². The molecular formula is C12H14BrClFNO4S. The molecule has 0 aliphatic carbocycles. The van der Waals surface area contributed by atoms with Crippen molar-refractivity contribution < 1.29 is 22.3 Å². The third-order valence-corrected chi connectivity index (χ3v) is 4.47. The monoisotopic (exact) mass is 401 g/mol. The van der Waals surface area contributed by atoms with E-state index < -0.39 is 25.7 Å². The summed E-state index contributed by atoms with van der Waals surface area (Å²) in [5.41, 5.74) is -0.0287. The molecule has 0 aromatic heterocycles. The minimum atomic E-state index is -4.28. The first-order valence-corrected chi connectivity index (χ1v) is 9.09. The average molecular weight is 403 g/mol. The number of carbonyl (C=O) groups is 1. The van der Waals surface area contributed by atoms with Crippen molar-refractivity contribution in [3.63, 3.8) is 0 Å². The molecular weight excluding hydrogens is 389 g/mol. The third-order valence-electron chi connectivity index (χ3n) is 2.48. The highest BCUT2D eigenvalue weighted by Crippen LogP contribution is 2.26. The summed E-state index contributed by atoms with van der Waals surface area (Å²) < 4.78 is 41.4. The van der Waals surface area contributed by atoms with Crippen molar-refractivity contribution in [3.05, 3.63) is 28.0 Å². The first-order chi connectivity index (χ1) is 9.66. The van der Waals surface area contributed by atoms with Crippen molar-refractivity contribution >= 4 is 41.6 Å². The standard InChI is InChI=1S/C12H14BrClFNO4S/c1-3-20-6-7(2)16-12(17)8-4-11(21(14,18)19)10(15)5-9(8)13/h4-5,7H,3,6H2,1-2H3,(H,16,17). The normalized spacial score (nSPS) is 13.0. The van der Waals surface area contributed by atoms with Crippen LogP contribution in [0.4, 0.5) is 4.39 Å². The Balaban J connectivity index is 3.05. The molecule has 1 rings (SSSR count). The molecule has 1 aromatic rings. The second-order valence-corrected chi connectivity index (χ2v) is 7.62. The number of nitrogens with one attached hydrogen (secondary N) is 1. The van der Waals surface area contributed by atoms with Gasteiger partial charge in [0.05, 0.1) is 12.2 Å². The quantitative estimate of drug-likeness (QED) is 0.743. The molecule has 1 aromatic carbocycles. The number of halogens is 3. The molecule has 1 amide bonds. The van der Waals surface area contributed by atoms with E-state index >= 15 is 0 Å². The number of ether oxygens (including phenoxy) is 1. The molecule has 0 fully saturated rings. The molecule has 0 aliphatic heterocycles. The van der Waals surface area contributed by atoms with Crippen LogP contribution in [-0.2, 0) is 13.8 Å². The number of benzene rings is 1. The lowest BCUT2D eigenvalue weighted by Crippen LogP contribution is -2.36. The molecule has 0 spiro atoms. The average Bonchev–Trinajstić information content (AvgIpc) is 2.34. The SMILES string of the molecule is CCOCC(C)NC(=O)c1cc(S(=O)(=O)Cl)c(F)cc1Br. The van der Waals surface area contributed by atoms with E-state index in [9.17, 15) is 17.6 Å². The smallest absolute Gasteiger partial charge is 0.264 e. The van der Waals surface area contributed by atoms with Crippen LogP contribution in [0.5, 0.6) is 0 Å². The zero-order chi connectivity index (χ0) is 16.2. The molecule has 0 saturated heterocycles. The molecule has 0 aliphatic rings. The summed E-state index contributed by atoms with van der Waals surface area (Å²) in [5.74, 6) is -1.59. The van der Waals surface area contributed by atoms with E-state index in [-0.39, 0.29) is 16.1 Å². The summed E-state index contributed by atoms with van der Waals surface area (Å²) in [4.78, 5) is 11.3. The van der Waals surface area contributed by atoms with Gasteiger partial charge in [0.2, 0.25) is 0 Å². The van der Waals surface area contributed by atoms with Gasteiger partial charge in [-0.25, -0.2) is 12.8 Å². The van der Waals surface area contributed by atoms with Crippen molar-refractivity contribution in [2.45, 2.75) is 24.8 Å². The summed E-state index contributed by atoms with van der Waals surface area (Å²) in [7, 11) is 0.855. The predicted molar refractivity (Wildman–Crippen MR) is 80.6 cm³/mol. The second kappa shape index (κ2) is 7.53. The number of amides is 1. The zero-order valence-electron chi connectivity index (χ0n) is 11.3. The van der Waals surface area contributed by atoms with Gasteiger partial charge >= 0.3 is 0 Å². The molecule has 118 valence electrons. The fraction of sp³-hybridized carbons (Fsp3) is 0.417. The van der Waals surface area contributed by atoms with Gasteiger partial charge in [0, 0.05) is 27.8 Å². The van der Waals surface area contributed by atoms with E-state index in [0.717, 1.165) is 12.1 Å². The third kappa shape index (κ3) is 5.21. The minimum absolute atomic E-state index is 0.0287. The van der Waals surface area contributed by atoms with Gasteiger partial charge < -0.3 is 10.1 Å².